The van der Waals surface area contributed by atoms with Crippen LogP contribution >= 0.6 is 11.6 Å². The summed E-state index contributed by atoms with van der Waals surface area (Å²) >= 11 is 6.54. The third kappa shape index (κ3) is 5.78. The number of nitrogens with zero attached hydrogens (tertiary/aromatic N) is 3. The van der Waals surface area contributed by atoms with Crippen LogP contribution < -0.4 is 10.5 Å². The van der Waals surface area contributed by atoms with Crippen molar-refractivity contribution in [1.29, 1.82) is 5.26 Å². The van der Waals surface area contributed by atoms with E-state index in [1.165, 1.54) is 0 Å². The molecule has 0 aliphatic heterocycles. The molecular formula is C28H27ClN4O. The Morgan fingerprint density at radius 3 is 2.44 bits per heavy atom. The van der Waals surface area contributed by atoms with Crippen molar-refractivity contribution in [1.82, 2.24) is 9.55 Å². The maximum atomic E-state index is 8.62. The molecule has 0 saturated carbocycles. The topological polar surface area (TPSA) is 76.9 Å². The third-order valence-electron chi connectivity index (χ3n) is 5.63. The monoisotopic (exact) mass is 470 g/mol. The van der Waals surface area contributed by atoms with Crippen LogP contribution in [0.25, 0.3) is 22.5 Å². The first-order valence-electron chi connectivity index (χ1n) is 11.4. The van der Waals surface area contributed by atoms with Crippen molar-refractivity contribution in [3.63, 3.8) is 0 Å². The summed E-state index contributed by atoms with van der Waals surface area (Å²) in [7, 11) is 0. The summed E-state index contributed by atoms with van der Waals surface area (Å²) in [4.78, 5) is 4.50. The van der Waals surface area contributed by atoms with Crippen LogP contribution in [0.3, 0.4) is 0 Å². The SMILES string of the molecule is N#CCCCCCOc1ccc(-c2ccc(-c3ccccc3Cl)n2Cc2cccc(N)n2)cc1. The lowest BCUT2D eigenvalue weighted by molar-refractivity contribution is 0.305. The van der Waals surface area contributed by atoms with E-state index in [0.29, 0.717) is 30.4 Å². The molecule has 0 fully saturated rings. The average Bonchev–Trinajstić information content (AvgIpc) is 3.25. The minimum atomic E-state index is 0.500. The van der Waals surface area contributed by atoms with Crippen molar-refractivity contribution in [3.05, 3.63) is 89.6 Å². The molecule has 2 N–H and O–H groups in total. The second-order valence-corrected chi connectivity index (χ2v) is 8.47. The minimum Gasteiger partial charge on any atom is -0.494 e. The molecular weight excluding hydrogens is 444 g/mol. The number of rotatable bonds is 10. The van der Waals surface area contributed by atoms with Crippen molar-refractivity contribution in [3.8, 4) is 34.3 Å². The van der Waals surface area contributed by atoms with Gasteiger partial charge in [0.1, 0.15) is 11.6 Å². The summed E-state index contributed by atoms with van der Waals surface area (Å²) in [6.07, 6.45) is 3.48. The highest BCUT2D eigenvalue weighted by atomic mass is 35.5. The molecule has 34 heavy (non-hydrogen) atoms. The lowest BCUT2D eigenvalue weighted by Gasteiger charge is -2.15. The molecule has 0 spiro atoms. The number of benzene rings is 2. The Balaban J connectivity index is 1.59. The van der Waals surface area contributed by atoms with Crippen molar-refractivity contribution in [2.75, 3.05) is 12.3 Å². The highest BCUT2D eigenvalue weighted by Crippen LogP contribution is 2.34. The van der Waals surface area contributed by atoms with Gasteiger partial charge in [-0.05, 0) is 79.4 Å². The Morgan fingerprint density at radius 2 is 1.68 bits per heavy atom. The van der Waals surface area contributed by atoms with Crippen LogP contribution in [0.15, 0.2) is 78.9 Å². The fraction of sp³-hybridized carbons (Fsp3) is 0.214. The first kappa shape index (κ1) is 23.4. The molecule has 0 aliphatic carbocycles. The second-order valence-electron chi connectivity index (χ2n) is 8.07. The van der Waals surface area contributed by atoms with Gasteiger partial charge in [-0.2, -0.15) is 5.26 Å². The van der Waals surface area contributed by atoms with E-state index in [1.54, 1.807) is 6.07 Å². The lowest BCUT2D eigenvalue weighted by atomic mass is 10.1. The average molecular weight is 471 g/mol. The van der Waals surface area contributed by atoms with Crippen molar-refractivity contribution >= 4 is 17.4 Å². The second kappa shape index (κ2) is 11.4. The Bertz CT molecular complexity index is 1270. The zero-order chi connectivity index (χ0) is 23.8. The summed E-state index contributed by atoms with van der Waals surface area (Å²) in [5, 5.41) is 9.32. The molecule has 0 amide bonds. The van der Waals surface area contributed by atoms with Gasteiger partial charge in [-0.15, -0.1) is 0 Å². The summed E-state index contributed by atoms with van der Waals surface area (Å²) in [5.74, 6) is 1.34. The Kier molecular flexibility index (Phi) is 7.85. The lowest BCUT2D eigenvalue weighted by Crippen LogP contribution is -2.06. The maximum absolute atomic E-state index is 8.62. The normalized spacial score (nSPS) is 10.7. The number of hydrogen-bond donors (Lipinski definition) is 1. The number of ether oxygens (including phenoxy) is 1. The number of unbranched alkanes of at least 4 members (excludes halogenated alkanes) is 3. The molecule has 5 nitrogen and oxygen atoms in total. The van der Waals surface area contributed by atoms with Crippen molar-refractivity contribution in [2.45, 2.75) is 32.2 Å². The van der Waals surface area contributed by atoms with Crippen LogP contribution in [-0.4, -0.2) is 16.2 Å². The summed E-state index contributed by atoms with van der Waals surface area (Å²) < 4.78 is 8.09. The summed E-state index contributed by atoms with van der Waals surface area (Å²) in [6, 6.07) is 28.0. The highest BCUT2D eigenvalue weighted by Gasteiger charge is 2.15. The molecule has 2 aromatic carbocycles. The molecule has 172 valence electrons. The van der Waals surface area contributed by atoms with Gasteiger partial charge in [0.25, 0.3) is 0 Å². The number of nitrogens with two attached hydrogens (primary N) is 1. The molecule has 0 saturated heterocycles. The van der Waals surface area contributed by atoms with Gasteiger partial charge in [0, 0.05) is 22.7 Å². The number of anilines is 1. The van der Waals surface area contributed by atoms with Crippen LogP contribution in [0, 0.1) is 11.3 Å². The quantitative estimate of drug-likeness (QED) is 0.254. The fourth-order valence-corrected chi connectivity index (χ4v) is 4.17. The van der Waals surface area contributed by atoms with Crippen LogP contribution in [-0.2, 0) is 6.54 Å². The van der Waals surface area contributed by atoms with Gasteiger partial charge < -0.3 is 15.0 Å². The van der Waals surface area contributed by atoms with E-state index in [9.17, 15) is 0 Å². The fourth-order valence-electron chi connectivity index (χ4n) is 3.94. The van der Waals surface area contributed by atoms with Crippen molar-refractivity contribution < 1.29 is 4.74 Å². The van der Waals surface area contributed by atoms with Gasteiger partial charge in [-0.3, -0.25) is 0 Å². The van der Waals surface area contributed by atoms with E-state index in [1.807, 2.05) is 48.5 Å². The predicted molar refractivity (Wildman–Crippen MR) is 138 cm³/mol. The Morgan fingerprint density at radius 1 is 0.882 bits per heavy atom. The van der Waals surface area contributed by atoms with Gasteiger partial charge >= 0.3 is 0 Å². The van der Waals surface area contributed by atoms with Crippen LogP contribution in [0.1, 0.15) is 31.4 Å². The predicted octanol–water partition coefficient (Wildman–Crippen LogP) is 6.96. The molecule has 0 radical (unpaired) electrons. The molecule has 0 bridgehead atoms. The highest BCUT2D eigenvalue weighted by molar-refractivity contribution is 6.33. The van der Waals surface area contributed by atoms with Crippen molar-refractivity contribution in [2.24, 2.45) is 0 Å². The van der Waals surface area contributed by atoms with Crippen LogP contribution in [0.4, 0.5) is 5.82 Å². The minimum absolute atomic E-state index is 0.500. The number of nitrogen functional groups attached to an aromatic ring is 1. The van der Waals surface area contributed by atoms with Gasteiger partial charge in [-0.25, -0.2) is 4.98 Å². The summed E-state index contributed by atoms with van der Waals surface area (Å²) in [5.41, 5.74) is 10.9. The zero-order valence-corrected chi connectivity index (χ0v) is 19.7. The first-order chi connectivity index (χ1) is 16.7. The van der Waals surface area contributed by atoms with Gasteiger partial charge in [0.2, 0.25) is 0 Å². The van der Waals surface area contributed by atoms with E-state index in [2.05, 4.69) is 39.9 Å². The number of nitriles is 1. The number of hydrogen-bond acceptors (Lipinski definition) is 4. The van der Waals surface area contributed by atoms with Crippen LogP contribution in [0.5, 0.6) is 5.75 Å². The van der Waals surface area contributed by atoms with E-state index >= 15 is 0 Å². The van der Waals surface area contributed by atoms with E-state index < -0.39 is 0 Å². The molecule has 4 aromatic rings. The van der Waals surface area contributed by atoms with E-state index in [-0.39, 0.29) is 0 Å². The number of aromatic nitrogens is 2. The molecule has 2 aromatic heterocycles. The molecule has 4 rings (SSSR count). The molecule has 0 aliphatic rings. The third-order valence-corrected chi connectivity index (χ3v) is 5.96. The molecule has 0 atom stereocenters. The Labute approximate surface area is 205 Å². The standard InChI is InChI=1S/C28H27ClN4O/c29-25-10-4-3-9-24(25)27-17-16-26(33(27)20-22-8-7-11-28(31)32-22)21-12-14-23(15-13-21)34-19-6-2-1-5-18-30/h3-4,7-17H,1-2,5-6,19-20H2,(H2,31,32). The number of halogens is 1. The maximum Gasteiger partial charge on any atom is 0.123 e. The Hall–Kier alpha value is -3.75. The van der Waals surface area contributed by atoms with Gasteiger partial charge in [-0.1, -0.05) is 35.9 Å². The molecule has 0 unspecified atom stereocenters. The van der Waals surface area contributed by atoms with Gasteiger partial charge in [0.05, 0.1) is 30.6 Å². The summed E-state index contributed by atoms with van der Waals surface area (Å²) in [6.45, 7) is 1.22. The zero-order valence-electron chi connectivity index (χ0n) is 19.0. The molecule has 6 heteroatoms. The molecule has 2 heterocycles. The first-order valence-corrected chi connectivity index (χ1v) is 11.8. The van der Waals surface area contributed by atoms with E-state index in [4.69, 9.17) is 27.3 Å². The largest absolute Gasteiger partial charge is 0.494 e. The van der Waals surface area contributed by atoms with Crippen LogP contribution in [0.2, 0.25) is 5.02 Å². The van der Waals surface area contributed by atoms with E-state index in [0.717, 1.165) is 53.2 Å². The smallest absolute Gasteiger partial charge is 0.123 e. The number of pyridine rings is 1. The van der Waals surface area contributed by atoms with Gasteiger partial charge in [0.15, 0.2) is 0 Å².